The highest BCUT2D eigenvalue weighted by molar-refractivity contribution is 7.16. The van der Waals surface area contributed by atoms with E-state index in [9.17, 15) is 9.18 Å². The molecule has 0 saturated heterocycles. The van der Waals surface area contributed by atoms with Crippen molar-refractivity contribution in [2.45, 2.75) is 38.1 Å². The predicted octanol–water partition coefficient (Wildman–Crippen LogP) is 4.25. The molecular weight excluding hydrogens is 498 g/mol. The normalized spacial score (nSPS) is 17.6. The molecular formula is C23H19ClF2N6O2S. The van der Waals surface area contributed by atoms with Crippen LogP contribution in [-0.4, -0.2) is 48.5 Å². The van der Waals surface area contributed by atoms with Gasteiger partial charge in [0.2, 0.25) is 4.96 Å². The lowest BCUT2D eigenvalue weighted by molar-refractivity contribution is -0.135. The van der Waals surface area contributed by atoms with Crippen molar-refractivity contribution >= 4 is 33.8 Å². The number of aromatic nitrogens is 5. The lowest BCUT2D eigenvalue weighted by Crippen LogP contribution is -2.44. The monoisotopic (exact) mass is 516 g/mol. The second kappa shape index (κ2) is 8.49. The van der Waals surface area contributed by atoms with Crippen LogP contribution < -0.4 is 4.74 Å². The van der Waals surface area contributed by atoms with Gasteiger partial charge in [0.1, 0.15) is 28.4 Å². The zero-order valence-electron chi connectivity index (χ0n) is 18.5. The molecule has 1 amide bonds. The van der Waals surface area contributed by atoms with Crippen LogP contribution in [0.15, 0.2) is 24.5 Å². The number of imidazole rings is 1. The molecule has 1 unspecified atom stereocenters. The summed E-state index contributed by atoms with van der Waals surface area (Å²) in [6.07, 6.45) is 5.16. The maximum atomic E-state index is 15.5. The molecule has 35 heavy (non-hydrogen) atoms. The van der Waals surface area contributed by atoms with Crippen LogP contribution in [0, 0.1) is 18.6 Å². The SMILES string of the molecule is Cc1nn2c3c(nc2s1)CCN(C(=O)COc1cc(F)cnc1Cl)C3c1ncc(C2CC2)cc1F. The first-order valence-corrected chi connectivity index (χ1v) is 12.3. The van der Waals surface area contributed by atoms with Crippen molar-refractivity contribution < 1.29 is 18.3 Å². The fraction of sp³-hybridized carbons (Fsp3) is 0.348. The maximum absolute atomic E-state index is 15.5. The highest BCUT2D eigenvalue weighted by atomic mass is 35.5. The smallest absolute Gasteiger partial charge is 0.261 e. The Morgan fingerprint density at radius 3 is 2.86 bits per heavy atom. The summed E-state index contributed by atoms with van der Waals surface area (Å²) in [6, 6.07) is 1.72. The van der Waals surface area contributed by atoms with Crippen molar-refractivity contribution in [3.63, 3.8) is 0 Å². The average molecular weight is 517 g/mol. The van der Waals surface area contributed by atoms with Crippen molar-refractivity contribution in [1.29, 1.82) is 0 Å². The van der Waals surface area contributed by atoms with E-state index in [1.807, 2.05) is 6.92 Å². The minimum Gasteiger partial charge on any atom is -0.480 e. The summed E-state index contributed by atoms with van der Waals surface area (Å²) in [7, 11) is 0. The fourth-order valence-corrected chi connectivity index (χ4v) is 5.37. The molecule has 1 aliphatic heterocycles. The van der Waals surface area contributed by atoms with E-state index in [4.69, 9.17) is 16.3 Å². The van der Waals surface area contributed by atoms with E-state index in [1.54, 1.807) is 10.7 Å². The van der Waals surface area contributed by atoms with Crippen LogP contribution in [-0.2, 0) is 11.2 Å². The van der Waals surface area contributed by atoms with Crippen molar-refractivity contribution in [2.75, 3.05) is 13.2 Å². The van der Waals surface area contributed by atoms with Crippen molar-refractivity contribution in [3.05, 3.63) is 69.0 Å². The van der Waals surface area contributed by atoms with Gasteiger partial charge in [0.15, 0.2) is 17.5 Å². The number of pyridine rings is 2. The van der Waals surface area contributed by atoms with Crippen LogP contribution in [0.25, 0.3) is 4.96 Å². The quantitative estimate of drug-likeness (QED) is 0.369. The van der Waals surface area contributed by atoms with Gasteiger partial charge in [0.25, 0.3) is 5.91 Å². The van der Waals surface area contributed by atoms with Gasteiger partial charge in [-0.15, -0.1) is 0 Å². The molecule has 1 saturated carbocycles. The van der Waals surface area contributed by atoms with E-state index in [-0.39, 0.29) is 23.1 Å². The van der Waals surface area contributed by atoms with E-state index in [1.165, 1.54) is 22.3 Å². The van der Waals surface area contributed by atoms with E-state index in [2.05, 4.69) is 20.1 Å². The third-order valence-electron chi connectivity index (χ3n) is 6.22. The highest BCUT2D eigenvalue weighted by Gasteiger charge is 2.39. The fourth-order valence-electron chi connectivity index (χ4n) is 4.44. The van der Waals surface area contributed by atoms with E-state index in [0.717, 1.165) is 41.4 Å². The number of amides is 1. The van der Waals surface area contributed by atoms with E-state index < -0.39 is 30.2 Å². The molecule has 2 aliphatic rings. The van der Waals surface area contributed by atoms with Crippen LogP contribution in [0.1, 0.15) is 52.5 Å². The summed E-state index contributed by atoms with van der Waals surface area (Å²) in [5, 5.41) is 5.28. The number of ether oxygens (including phenoxy) is 1. The van der Waals surface area contributed by atoms with Gasteiger partial charge < -0.3 is 9.64 Å². The zero-order chi connectivity index (χ0) is 24.3. The van der Waals surface area contributed by atoms with Crippen LogP contribution in [0.3, 0.4) is 0 Å². The van der Waals surface area contributed by atoms with Gasteiger partial charge in [-0.2, -0.15) is 5.10 Å². The molecule has 5 heterocycles. The van der Waals surface area contributed by atoms with Gasteiger partial charge in [-0.1, -0.05) is 22.9 Å². The Morgan fingerprint density at radius 1 is 1.26 bits per heavy atom. The van der Waals surface area contributed by atoms with Crippen molar-refractivity contribution in [1.82, 2.24) is 29.5 Å². The highest BCUT2D eigenvalue weighted by Crippen LogP contribution is 2.42. The first kappa shape index (κ1) is 22.3. The molecule has 0 aromatic carbocycles. The summed E-state index contributed by atoms with van der Waals surface area (Å²) < 4.78 is 36.2. The van der Waals surface area contributed by atoms with Gasteiger partial charge >= 0.3 is 0 Å². The summed E-state index contributed by atoms with van der Waals surface area (Å²) >= 11 is 7.39. The largest absolute Gasteiger partial charge is 0.480 e. The molecule has 0 N–H and O–H groups in total. The van der Waals surface area contributed by atoms with E-state index in [0.29, 0.717) is 23.0 Å². The Balaban J connectivity index is 1.38. The number of nitrogens with zero attached hydrogens (tertiary/aromatic N) is 6. The Morgan fingerprint density at radius 2 is 2.09 bits per heavy atom. The Hall–Kier alpha value is -3.18. The molecule has 8 nitrogen and oxygen atoms in total. The average Bonchev–Trinajstić information content (AvgIpc) is 3.54. The third-order valence-corrected chi connectivity index (χ3v) is 7.33. The topological polar surface area (TPSA) is 85.5 Å². The van der Waals surface area contributed by atoms with Crippen molar-refractivity contribution in [2.24, 2.45) is 0 Å². The molecule has 6 rings (SSSR count). The van der Waals surface area contributed by atoms with Crippen LogP contribution in [0.5, 0.6) is 5.75 Å². The first-order chi connectivity index (χ1) is 16.9. The Bertz CT molecular complexity index is 1470. The second-order valence-electron chi connectivity index (χ2n) is 8.64. The maximum Gasteiger partial charge on any atom is 0.261 e. The first-order valence-electron chi connectivity index (χ1n) is 11.1. The molecule has 0 radical (unpaired) electrons. The molecule has 4 aromatic rings. The molecule has 4 aromatic heterocycles. The van der Waals surface area contributed by atoms with Crippen LogP contribution >= 0.6 is 22.9 Å². The van der Waals surface area contributed by atoms with Crippen LogP contribution in [0.4, 0.5) is 8.78 Å². The zero-order valence-corrected chi connectivity index (χ0v) is 20.1. The van der Waals surface area contributed by atoms with Gasteiger partial charge in [-0.05, 0) is 37.3 Å². The number of carbonyl (C=O) groups excluding carboxylic acids is 1. The third kappa shape index (κ3) is 4.02. The number of carbonyl (C=O) groups is 1. The summed E-state index contributed by atoms with van der Waals surface area (Å²) in [4.78, 5) is 28.4. The summed E-state index contributed by atoms with van der Waals surface area (Å²) in [5.74, 6) is -1.26. The van der Waals surface area contributed by atoms with Gasteiger partial charge in [0, 0.05) is 25.2 Å². The number of halogens is 3. The molecule has 1 aliphatic carbocycles. The van der Waals surface area contributed by atoms with Crippen molar-refractivity contribution in [3.8, 4) is 5.75 Å². The summed E-state index contributed by atoms with van der Waals surface area (Å²) in [6.45, 7) is 1.71. The molecule has 1 fully saturated rings. The van der Waals surface area contributed by atoms with Gasteiger partial charge in [0.05, 0.1) is 17.6 Å². The van der Waals surface area contributed by atoms with Crippen LogP contribution in [0.2, 0.25) is 5.15 Å². The molecule has 12 heteroatoms. The minimum absolute atomic E-state index is 0.0470. The number of rotatable bonds is 5. The second-order valence-corrected chi connectivity index (χ2v) is 10.2. The van der Waals surface area contributed by atoms with Gasteiger partial charge in [-0.3, -0.25) is 9.78 Å². The van der Waals surface area contributed by atoms with E-state index >= 15 is 4.39 Å². The summed E-state index contributed by atoms with van der Waals surface area (Å²) in [5.41, 5.74) is 2.35. The lowest BCUT2D eigenvalue weighted by Gasteiger charge is -2.35. The number of hydrogen-bond donors (Lipinski definition) is 0. The number of aryl methyl sites for hydroxylation is 1. The predicted molar refractivity (Wildman–Crippen MR) is 124 cm³/mol. The Kier molecular flexibility index (Phi) is 5.41. The molecule has 0 spiro atoms. The van der Waals surface area contributed by atoms with Gasteiger partial charge in [-0.25, -0.2) is 23.3 Å². The molecule has 0 bridgehead atoms. The minimum atomic E-state index is -0.847. The number of hydrogen-bond acceptors (Lipinski definition) is 7. The Labute approximate surface area is 207 Å². The standard InChI is InChI=1S/C23H19ClF2N6O2S/c1-11-30-32-20-16(29-23(32)35-11)4-5-31(18(33)10-34-17-7-14(25)9-28-22(17)24)21(20)19-15(26)6-13(8-27-19)12-2-3-12/h6-9,12,21H,2-5,10H2,1H3. The molecule has 180 valence electrons. The molecule has 1 atom stereocenters. The lowest BCUT2D eigenvalue weighted by atomic mass is 9.98. The number of fused-ring (bicyclic) bond motifs is 3.